The Hall–Kier alpha value is -3.14. The molecule has 12 heteroatoms. The number of thiophene rings is 1. The fourth-order valence-electron chi connectivity index (χ4n) is 6.45. The number of likely N-dealkylation sites (N-methyl/N-ethyl adjacent to an activating group) is 1. The number of aliphatic imine (C=N–C) groups is 1. The second-order valence-corrected chi connectivity index (χ2v) is 12.3. The van der Waals surface area contributed by atoms with E-state index in [1.807, 2.05) is 0 Å². The molecular formula is C27H37N9O2S. The first kappa shape index (κ1) is 26.1. The smallest absolute Gasteiger partial charge is 0.291 e. The Morgan fingerprint density at radius 3 is 2.87 bits per heavy atom. The summed E-state index contributed by atoms with van der Waals surface area (Å²) < 4.78 is 12.3. The summed E-state index contributed by atoms with van der Waals surface area (Å²) >= 11 is 1.50. The third-order valence-electron chi connectivity index (χ3n) is 8.61. The van der Waals surface area contributed by atoms with Crippen LogP contribution in [0.2, 0.25) is 0 Å². The Balaban J connectivity index is 1.31. The van der Waals surface area contributed by atoms with Gasteiger partial charge >= 0.3 is 0 Å². The molecule has 4 aliphatic rings. The molecule has 6 rings (SSSR count). The van der Waals surface area contributed by atoms with Crippen LogP contribution in [0.5, 0.6) is 0 Å². The van der Waals surface area contributed by atoms with Crippen LogP contribution in [-0.4, -0.2) is 77.9 Å². The maximum atomic E-state index is 9.85. The minimum absolute atomic E-state index is 0.0133. The number of nitriles is 1. The molecule has 4 N–H and O–H groups in total. The fraction of sp³-hybridized carbons (Fsp3) is 0.630. The summed E-state index contributed by atoms with van der Waals surface area (Å²) in [4.78, 5) is 15.6. The first-order chi connectivity index (χ1) is 18.9. The molecule has 0 aromatic carbocycles. The number of piperazine rings is 1. The quantitative estimate of drug-likeness (QED) is 0.507. The molecule has 1 aliphatic carbocycles. The molecule has 2 saturated heterocycles. The van der Waals surface area contributed by atoms with Crippen LogP contribution >= 0.6 is 11.3 Å². The number of aromatic nitrogens is 2. The summed E-state index contributed by atoms with van der Waals surface area (Å²) in [5, 5.41) is 21.7. The monoisotopic (exact) mass is 551 g/mol. The zero-order chi connectivity index (χ0) is 27.1. The molecule has 1 unspecified atom stereocenters. The number of hydrogen-bond acceptors (Lipinski definition) is 12. The number of anilines is 1. The van der Waals surface area contributed by atoms with Crippen molar-refractivity contribution in [3.05, 3.63) is 39.6 Å². The Bertz CT molecular complexity index is 1320. The second-order valence-electron chi connectivity index (χ2n) is 11.2. The maximum absolute atomic E-state index is 9.85. The van der Waals surface area contributed by atoms with E-state index in [0.717, 1.165) is 74.7 Å². The van der Waals surface area contributed by atoms with E-state index < -0.39 is 11.5 Å². The van der Waals surface area contributed by atoms with Crippen molar-refractivity contribution in [2.75, 3.05) is 45.5 Å². The van der Waals surface area contributed by atoms with Crippen LogP contribution in [0, 0.1) is 11.3 Å². The molecule has 4 atom stereocenters. The number of ether oxygens (including phenoxy) is 1. The number of rotatable bonds is 5. The van der Waals surface area contributed by atoms with E-state index in [-0.39, 0.29) is 6.10 Å². The van der Waals surface area contributed by atoms with Crippen LogP contribution in [0.3, 0.4) is 0 Å². The Morgan fingerprint density at radius 2 is 2.13 bits per heavy atom. The maximum Gasteiger partial charge on any atom is 0.291 e. The number of aryl methyl sites for hydroxylation is 1. The summed E-state index contributed by atoms with van der Waals surface area (Å²) in [7, 11) is 2.15. The van der Waals surface area contributed by atoms with Gasteiger partial charge in [0.2, 0.25) is 11.7 Å². The van der Waals surface area contributed by atoms with Gasteiger partial charge in [0.1, 0.15) is 29.0 Å². The highest BCUT2D eigenvalue weighted by Gasteiger charge is 2.43. The standard InChI is InChI=1S/C27H37N9O2S/c1-16(19-6-5-11-35(19)3)37-26-31-18(14-21(32-26)36-12-9-30-10-13-36)24-33-25(38-34-24)27(2)8-4-7-20-22(27)17(15-28)23(29)39-20/h14,16,18-19,30H,4-13,29H2,1-3H3,(H,31,32)/t16-,18?,19-,27-/m0/s1. The average Bonchev–Trinajstić information content (AvgIpc) is 3.68. The predicted octanol–water partition coefficient (Wildman–Crippen LogP) is 2.47. The Labute approximate surface area is 233 Å². The van der Waals surface area contributed by atoms with Crippen molar-refractivity contribution in [2.24, 2.45) is 4.99 Å². The minimum atomic E-state index is -0.569. The molecule has 0 spiro atoms. The molecule has 2 aromatic rings. The number of nitrogens with zero attached hydrogens (tertiary/aromatic N) is 6. The van der Waals surface area contributed by atoms with Crippen LogP contribution in [0.15, 0.2) is 21.4 Å². The van der Waals surface area contributed by atoms with Gasteiger partial charge in [0.15, 0.2) is 0 Å². The van der Waals surface area contributed by atoms with Crippen LogP contribution in [0.1, 0.15) is 73.3 Å². The molecule has 11 nitrogen and oxygen atoms in total. The predicted molar refractivity (Wildman–Crippen MR) is 149 cm³/mol. The van der Waals surface area contributed by atoms with Gasteiger partial charge < -0.3 is 25.2 Å². The molecule has 0 amide bonds. The van der Waals surface area contributed by atoms with Crippen molar-refractivity contribution >= 4 is 22.4 Å². The minimum Gasteiger partial charge on any atom is -0.460 e. The van der Waals surface area contributed by atoms with Gasteiger partial charge in [-0.3, -0.25) is 10.2 Å². The molecule has 208 valence electrons. The first-order valence-corrected chi connectivity index (χ1v) is 14.7. The number of amidine groups is 1. The van der Waals surface area contributed by atoms with Crippen molar-refractivity contribution in [2.45, 2.75) is 69.6 Å². The van der Waals surface area contributed by atoms with Gasteiger partial charge in [0.25, 0.3) is 6.02 Å². The van der Waals surface area contributed by atoms with E-state index in [9.17, 15) is 5.26 Å². The number of nitrogen functional groups attached to an aromatic ring is 1. The summed E-state index contributed by atoms with van der Waals surface area (Å²) in [6.45, 7) is 8.88. The van der Waals surface area contributed by atoms with Crippen LogP contribution in [0.25, 0.3) is 0 Å². The van der Waals surface area contributed by atoms with Crippen LogP contribution in [0.4, 0.5) is 5.00 Å². The lowest BCUT2D eigenvalue weighted by atomic mass is 9.72. The van der Waals surface area contributed by atoms with Crippen molar-refractivity contribution in [3.8, 4) is 6.07 Å². The molecular weight excluding hydrogens is 514 g/mol. The van der Waals surface area contributed by atoms with Gasteiger partial charge in [-0.25, -0.2) is 4.99 Å². The summed E-state index contributed by atoms with van der Waals surface area (Å²) in [5.41, 5.74) is 7.13. The van der Waals surface area contributed by atoms with Gasteiger partial charge in [0.05, 0.1) is 11.0 Å². The number of nitrogens with two attached hydrogens (primary N) is 1. The van der Waals surface area contributed by atoms with Gasteiger partial charge in [0, 0.05) is 42.7 Å². The topological polar surface area (TPSA) is 141 Å². The molecule has 5 heterocycles. The van der Waals surface area contributed by atoms with E-state index in [0.29, 0.717) is 34.3 Å². The van der Waals surface area contributed by atoms with E-state index in [1.54, 1.807) is 0 Å². The third kappa shape index (κ3) is 4.77. The summed E-state index contributed by atoms with van der Waals surface area (Å²) in [5.74, 6) is 1.94. The third-order valence-corrected chi connectivity index (χ3v) is 9.69. The van der Waals surface area contributed by atoms with Gasteiger partial charge in [-0.2, -0.15) is 10.2 Å². The highest BCUT2D eigenvalue weighted by molar-refractivity contribution is 7.16. The number of fused-ring (bicyclic) bond motifs is 1. The molecule has 3 aliphatic heterocycles. The normalized spacial score (nSPS) is 28.2. The van der Waals surface area contributed by atoms with E-state index in [1.165, 1.54) is 17.8 Å². The zero-order valence-electron chi connectivity index (χ0n) is 22.9. The lowest BCUT2D eigenvalue weighted by molar-refractivity contribution is 0.104. The Morgan fingerprint density at radius 1 is 1.31 bits per heavy atom. The summed E-state index contributed by atoms with van der Waals surface area (Å²) in [6, 6.07) is 2.70. The second kappa shape index (κ2) is 10.4. The van der Waals surface area contributed by atoms with Crippen molar-refractivity contribution in [3.63, 3.8) is 0 Å². The van der Waals surface area contributed by atoms with Gasteiger partial charge in [-0.05, 0) is 65.6 Å². The lowest BCUT2D eigenvalue weighted by Crippen LogP contribution is -2.49. The number of hydrogen-bond donors (Lipinski definition) is 3. The zero-order valence-corrected chi connectivity index (χ0v) is 23.7. The van der Waals surface area contributed by atoms with E-state index >= 15 is 0 Å². The Kier molecular flexibility index (Phi) is 6.99. The molecule has 0 radical (unpaired) electrons. The first-order valence-electron chi connectivity index (χ1n) is 13.9. The molecule has 2 aromatic heterocycles. The van der Waals surface area contributed by atoms with Gasteiger partial charge in [-0.1, -0.05) is 5.16 Å². The van der Waals surface area contributed by atoms with Crippen molar-refractivity contribution < 1.29 is 9.26 Å². The van der Waals surface area contributed by atoms with Crippen molar-refractivity contribution in [1.82, 2.24) is 30.6 Å². The highest BCUT2D eigenvalue weighted by atomic mass is 32.1. The molecule has 0 bridgehead atoms. The van der Waals surface area contributed by atoms with Crippen LogP contribution in [-0.2, 0) is 16.6 Å². The van der Waals surface area contributed by atoms with E-state index in [2.05, 4.69) is 58.6 Å². The SMILES string of the molecule is C[C@H](OC1=NC(c2noc([C@@]3(C)CCCc4sc(N)c(C#N)c43)n2)C=C(N2CCNCC2)N1)[C@@H]1CCCN1C. The molecule has 0 saturated carbocycles. The fourth-order valence-corrected chi connectivity index (χ4v) is 7.64. The average molecular weight is 552 g/mol. The largest absolute Gasteiger partial charge is 0.460 e. The number of likely N-dealkylation sites (tertiary alicyclic amines) is 1. The van der Waals surface area contributed by atoms with Gasteiger partial charge in [-0.15, -0.1) is 11.3 Å². The summed E-state index contributed by atoms with van der Waals surface area (Å²) in [6.07, 6.45) is 7.02. The van der Waals surface area contributed by atoms with Crippen molar-refractivity contribution in [1.29, 1.82) is 5.26 Å². The highest BCUT2D eigenvalue weighted by Crippen LogP contribution is 2.48. The molecule has 39 heavy (non-hydrogen) atoms. The number of nitrogens with one attached hydrogen (secondary N) is 2. The van der Waals surface area contributed by atoms with Crippen LogP contribution < -0.4 is 16.4 Å². The lowest BCUT2D eigenvalue weighted by Gasteiger charge is -2.35. The molecule has 2 fully saturated rings. The van der Waals surface area contributed by atoms with E-state index in [4.69, 9.17) is 25.0 Å².